The monoisotopic (exact) mass is 541 g/mol. The van der Waals surface area contributed by atoms with Crippen molar-refractivity contribution in [3.8, 4) is 27.4 Å². The molecule has 0 amide bonds. The zero-order chi connectivity index (χ0) is 25.1. The Morgan fingerprint density at radius 1 is 1.22 bits per heavy atom. The van der Waals surface area contributed by atoms with Crippen LogP contribution in [0.5, 0.6) is 0 Å². The lowest BCUT2D eigenvalue weighted by atomic mass is 10.0. The number of aromatic nitrogens is 6. The zero-order valence-corrected chi connectivity index (χ0v) is 21.2. The van der Waals surface area contributed by atoms with E-state index in [9.17, 15) is 14.7 Å². The van der Waals surface area contributed by atoms with E-state index in [1.807, 2.05) is 24.1 Å². The number of nitrogens with zero attached hydrogens (tertiary/aromatic N) is 4. The highest BCUT2D eigenvalue weighted by Gasteiger charge is 2.31. The Morgan fingerprint density at radius 2 is 2.03 bits per heavy atom. The van der Waals surface area contributed by atoms with Gasteiger partial charge in [-0.15, -0.1) is 21.2 Å². The fourth-order valence-corrected chi connectivity index (χ4v) is 6.02. The Kier molecular flexibility index (Phi) is 5.40. The van der Waals surface area contributed by atoms with Gasteiger partial charge in [0.2, 0.25) is 6.33 Å². The first-order chi connectivity index (χ1) is 17.3. The lowest BCUT2D eigenvalue weighted by molar-refractivity contribution is -0.765. The van der Waals surface area contributed by atoms with Gasteiger partial charge in [0.1, 0.15) is 16.4 Å². The number of rotatable bonds is 5. The number of halogens is 2. The van der Waals surface area contributed by atoms with Crippen LogP contribution in [0.25, 0.3) is 27.4 Å². The maximum absolute atomic E-state index is 13.4. The summed E-state index contributed by atoms with van der Waals surface area (Å²) in [5.74, 6) is -0.337. The van der Waals surface area contributed by atoms with Gasteiger partial charge in [0.15, 0.2) is 0 Å². The molecule has 0 aliphatic carbocycles. The van der Waals surface area contributed by atoms with Crippen LogP contribution in [0.15, 0.2) is 53.7 Å². The molecule has 1 unspecified atom stereocenters. The molecule has 1 aliphatic rings. The molecule has 0 bridgehead atoms. The smallest absolute Gasteiger partial charge is 0.345 e. The van der Waals surface area contributed by atoms with Crippen LogP contribution in [-0.4, -0.2) is 35.5 Å². The Bertz CT molecular complexity index is 1700. The molecule has 182 valence electrons. The maximum atomic E-state index is 13.4. The van der Waals surface area contributed by atoms with Crippen LogP contribution < -0.4 is 10.2 Å². The van der Waals surface area contributed by atoms with Crippen molar-refractivity contribution in [1.82, 2.24) is 24.4 Å². The summed E-state index contributed by atoms with van der Waals surface area (Å²) < 4.78 is 5.33. The molecule has 5 heterocycles. The Labute approximate surface area is 218 Å². The van der Waals surface area contributed by atoms with Crippen LogP contribution in [0.2, 0.25) is 10.0 Å². The van der Waals surface area contributed by atoms with Gasteiger partial charge in [0, 0.05) is 27.9 Å². The van der Waals surface area contributed by atoms with Crippen molar-refractivity contribution >= 4 is 40.5 Å². The molecule has 0 fully saturated rings. The van der Waals surface area contributed by atoms with Crippen LogP contribution in [0.3, 0.4) is 0 Å². The van der Waals surface area contributed by atoms with Crippen molar-refractivity contribution < 1.29 is 14.6 Å². The van der Waals surface area contributed by atoms with Gasteiger partial charge in [-0.05, 0) is 43.2 Å². The van der Waals surface area contributed by atoms with Crippen molar-refractivity contribution in [2.45, 2.75) is 18.9 Å². The van der Waals surface area contributed by atoms with Gasteiger partial charge >= 0.3 is 5.97 Å². The number of imidazole rings is 1. The zero-order valence-electron chi connectivity index (χ0n) is 18.8. The maximum Gasteiger partial charge on any atom is 0.345 e. The first-order valence-corrected chi connectivity index (χ1v) is 12.6. The average molecular weight is 542 g/mol. The molecule has 0 radical (unpaired) electrons. The number of carboxylic acids is 1. The van der Waals surface area contributed by atoms with E-state index in [2.05, 4.69) is 15.2 Å². The summed E-state index contributed by atoms with van der Waals surface area (Å²) in [4.78, 5) is 33.4. The molecule has 1 aliphatic heterocycles. The molecular weight excluding hydrogens is 523 g/mol. The Hall–Kier alpha value is -3.60. The second-order valence-electron chi connectivity index (χ2n) is 8.59. The van der Waals surface area contributed by atoms with Gasteiger partial charge in [-0.3, -0.25) is 4.79 Å². The summed E-state index contributed by atoms with van der Waals surface area (Å²) in [7, 11) is 1.88. The molecule has 4 aromatic heterocycles. The number of hydrogen-bond acceptors (Lipinski definition) is 4. The van der Waals surface area contributed by atoms with E-state index < -0.39 is 5.97 Å². The predicted molar refractivity (Wildman–Crippen MR) is 136 cm³/mol. The lowest BCUT2D eigenvalue weighted by Crippen LogP contribution is -2.44. The molecule has 5 aromatic rings. The van der Waals surface area contributed by atoms with Crippen molar-refractivity contribution in [3.63, 3.8) is 0 Å². The van der Waals surface area contributed by atoms with E-state index in [4.69, 9.17) is 23.2 Å². The van der Waals surface area contributed by atoms with Crippen LogP contribution in [0.1, 0.15) is 33.7 Å². The highest BCUT2D eigenvalue weighted by molar-refractivity contribution is 7.17. The van der Waals surface area contributed by atoms with E-state index in [-0.39, 0.29) is 16.5 Å². The number of carboxylic acid groups (broad SMARTS) is 1. The number of aromatic carboxylic acids is 1. The first kappa shape index (κ1) is 22.8. The van der Waals surface area contributed by atoms with Crippen LogP contribution in [-0.2, 0) is 13.5 Å². The van der Waals surface area contributed by atoms with E-state index in [0.29, 0.717) is 40.0 Å². The van der Waals surface area contributed by atoms with Gasteiger partial charge in [-0.1, -0.05) is 23.2 Å². The number of nitrogens with one attached hydrogen (secondary N) is 2. The number of H-pyrrole nitrogens is 2. The number of thiophene rings is 1. The third-order valence-corrected chi connectivity index (χ3v) is 8.07. The highest BCUT2D eigenvalue weighted by atomic mass is 35.5. The molecule has 6 rings (SSSR count). The molecule has 0 spiro atoms. The number of fused-ring (bicyclic) bond motifs is 1. The highest BCUT2D eigenvalue weighted by Crippen LogP contribution is 2.40. The predicted octanol–water partition coefficient (Wildman–Crippen LogP) is 4.45. The molecule has 3 N–H and O–H groups in total. The minimum Gasteiger partial charge on any atom is -0.477 e. The summed E-state index contributed by atoms with van der Waals surface area (Å²) in [6.07, 6.45) is 4.80. The molecular formula is C24H19Cl2N6O3S+. The molecule has 9 nitrogen and oxygen atoms in total. The fraction of sp³-hybridized carbons (Fsp3) is 0.167. The van der Waals surface area contributed by atoms with Crippen molar-refractivity contribution in [1.29, 1.82) is 0 Å². The van der Waals surface area contributed by atoms with Gasteiger partial charge in [-0.2, -0.15) is 4.68 Å². The molecule has 1 aromatic carbocycles. The second kappa shape index (κ2) is 8.51. The van der Waals surface area contributed by atoms with Crippen LogP contribution in [0.4, 0.5) is 0 Å². The van der Waals surface area contributed by atoms with E-state index in [0.717, 1.165) is 21.8 Å². The minimum absolute atomic E-state index is 0.183. The van der Waals surface area contributed by atoms with Crippen LogP contribution >= 0.6 is 34.5 Å². The quantitative estimate of drug-likeness (QED) is 0.285. The lowest BCUT2D eigenvalue weighted by Gasteiger charge is -2.17. The summed E-state index contributed by atoms with van der Waals surface area (Å²) >= 11 is 14.4. The Morgan fingerprint density at radius 3 is 2.75 bits per heavy atom. The van der Waals surface area contributed by atoms with Crippen molar-refractivity contribution in [2.75, 3.05) is 0 Å². The van der Waals surface area contributed by atoms with E-state index >= 15 is 0 Å². The number of hydrogen-bond donors (Lipinski definition) is 3. The van der Waals surface area contributed by atoms with E-state index in [1.165, 1.54) is 11.3 Å². The Balaban J connectivity index is 1.40. The van der Waals surface area contributed by atoms with Crippen LogP contribution in [0, 0.1) is 0 Å². The average Bonchev–Trinajstić information content (AvgIpc) is 3.58. The first-order valence-electron chi connectivity index (χ1n) is 11.1. The number of pyridine rings is 1. The summed E-state index contributed by atoms with van der Waals surface area (Å²) in [5.41, 5.74) is 3.47. The third kappa shape index (κ3) is 3.69. The van der Waals surface area contributed by atoms with E-state index in [1.54, 1.807) is 45.8 Å². The molecule has 36 heavy (non-hydrogen) atoms. The summed E-state index contributed by atoms with van der Waals surface area (Å²) in [6.45, 7) is 0. The number of benzene rings is 1. The van der Waals surface area contributed by atoms with Gasteiger partial charge < -0.3 is 14.7 Å². The molecule has 0 saturated carbocycles. The fourth-order valence-electron chi connectivity index (χ4n) is 4.70. The summed E-state index contributed by atoms with van der Waals surface area (Å²) in [5, 5.41) is 13.4. The number of carbonyl (C=O) groups is 1. The normalized spacial score (nSPS) is 14.9. The second-order valence-corrected chi connectivity index (χ2v) is 10.5. The molecule has 1 atom stereocenters. The van der Waals surface area contributed by atoms with Gasteiger partial charge in [-0.25, -0.2) is 9.78 Å². The van der Waals surface area contributed by atoms with Crippen molar-refractivity contribution in [3.05, 3.63) is 85.7 Å². The topological polar surface area (TPSA) is 113 Å². The minimum atomic E-state index is -0.967. The van der Waals surface area contributed by atoms with Crippen molar-refractivity contribution in [2.24, 2.45) is 7.05 Å². The number of aryl methyl sites for hydroxylation is 1. The third-order valence-electron chi connectivity index (χ3n) is 6.31. The standard InChI is InChI=1S/C24H18Cl2N6O3S/c1-30-11-31(29-30)16-3-2-12(25)8-13(16)14-9-21(33)32-17(22(14)26)4-5-18(32)23-27-10-15(28-23)19-6-7-20(36-19)24(34)35/h2-3,6-11,18,29H,4-5H2,1H3,(H-,27,28,34,35)/p+1. The SMILES string of the molecule is C[n+]1cn(-c2ccc(Cl)cc2-c2cc(=O)n3c(c2Cl)CCC3c2ncc(-c3ccc(C(=O)O)s3)[nH]2)[nH]1. The van der Waals surface area contributed by atoms with Gasteiger partial charge in [0.25, 0.3) is 5.56 Å². The number of aromatic amines is 2. The molecule has 0 saturated heterocycles. The largest absolute Gasteiger partial charge is 0.477 e. The van der Waals surface area contributed by atoms with Gasteiger partial charge in [0.05, 0.1) is 34.9 Å². The molecule has 12 heteroatoms. The summed E-state index contributed by atoms with van der Waals surface area (Å²) in [6, 6.07) is 10.0.